The van der Waals surface area contributed by atoms with Gasteiger partial charge in [0.2, 0.25) is 6.43 Å². The summed E-state index contributed by atoms with van der Waals surface area (Å²) >= 11 is 0. The monoisotopic (exact) mass is 376 g/mol. The normalized spacial score (nSPS) is 46.1. The smallest absolute Gasteiger partial charge is 0.241 e. The molecule has 7 atom stereocenters. The fourth-order valence-corrected chi connectivity index (χ4v) is 7.52. The lowest BCUT2D eigenvalue weighted by Gasteiger charge is -2.58. The molecule has 4 aliphatic rings. The van der Waals surface area contributed by atoms with Gasteiger partial charge in [-0.2, -0.15) is 0 Å². The number of hydrogen-bond donors (Lipinski definition) is 1. The Balaban J connectivity index is 1.78. The number of fused-ring (bicyclic) bond motifs is 5. The van der Waals surface area contributed by atoms with Crippen LogP contribution in [0.25, 0.3) is 0 Å². The molecule has 0 aromatic heterocycles. The van der Waals surface area contributed by atoms with Crippen LogP contribution in [0.5, 0.6) is 0 Å². The molecule has 3 fully saturated rings. The first kappa shape index (κ1) is 19.1. The second-order valence-electron chi connectivity index (χ2n) is 9.20. The minimum absolute atomic E-state index is 0.0558. The van der Waals surface area contributed by atoms with E-state index in [1.165, 1.54) is 0 Å². The van der Waals surface area contributed by atoms with Crippen LogP contribution in [0.15, 0.2) is 11.6 Å². The number of allylic oxidation sites excluding steroid dienone is 1. The van der Waals surface area contributed by atoms with Gasteiger partial charge in [-0.15, -0.1) is 5.92 Å². The summed E-state index contributed by atoms with van der Waals surface area (Å²) in [5, 5.41) is 11.4. The zero-order valence-corrected chi connectivity index (χ0v) is 16.3. The van der Waals surface area contributed by atoms with E-state index in [1.807, 2.05) is 6.92 Å². The van der Waals surface area contributed by atoms with E-state index in [1.54, 1.807) is 13.0 Å². The van der Waals surface area contributed by atoms with E-state index >= 15 is 0 Å². The van der Waals surface area contributed by atoms with Gasteiger partial charge in [-0.05, 0) is 81.6 Å². The average molecular weight is 376 g/mol. The maximum atomic E-state index is 14.3. The summed E-state index contributed by atoms with van der Waals surface area (Å²) in [6.45, 7) is 3.76. The number of carbonyl (C=O) groups excluding carboxylic acids is 1. The molecular weight excluding hydrogens is 346 g/mol. The van der Waals surface area contributed by atoms with E-state index < -0.39 is 23.4 Å². The van der Waals surface area contributed by atoms with Crippen molar-refractivity contribution >= 4 is 5.78 Å². The van der Waals surface area contributed by atoms with Crippen molar-refractivity contribution in [2.24, 2.45) is 35.0 Å². The molecule has 148 valence electrons. The Kier molecular flexibility index (Phi) is 4.74. The Hall–Kier alpha value is -1.21. The summed E-state index contributed by atoms with van der Waals surface area (Å²) in [5.41, 5.74) is -0.550. The van der Waals surface area contributed by atoms with E-state index in [4.69, 9.17) is 0 Å². The lowest BCUT2D eigenvalue weighted by atomic mass is 9.46. The predicted molar refractivity (Wildman–Crippen MR) is 100.0 cm³/mol. The van der Waals surface area contributed by atoms with Crippen molar-refractivity contribution in [2.75, 3.05) is 0 Å². The molecule has 0 aromatic carbocycles. The van der Waals surface area contributed by atoms with Gasteiger partial charge in [0, 0.05) is 17.8 Å². The van der Waals surface area contributed by atoms with Gasteiger partial charge < -0.3 is 5.11 Å². The van der Waals surface area contributed by atoms with E-state index in [-0.39, 0.29) is 29.5 Å². The molecule has 0 heterocycles. The summed E-state index contributed by atoms with van der Waals surface area (Å²) in [6.07, 6.45) is 4.81. The lowest BCUT2D eigenvalue weighted by molar-refractivity contribution is -0.153. The molecule has 0 radical (unpaired) electrons. The van der Waals surface area contributed by atoms with Crippen molar-refractivity contribution in [3.63, 3.8) is 0 Å². The molecule has 0 bridgehead atoms. The Labute approximate surface area is 160 Å². The molecule has 4 heteroatoms. The number of ketones is 1. The van der Waals surface area contributed by atoms with E-state index in [0.717, 1.165) is 31.3 Å². The molecule has 2 nitrogen and oxygen atoms in total. The van der Waals surface area contributed by atoms with Gasteiger partial charge in [0.1, 0.15) is 5.60 Å². The second-order valence-corrected chi connectivity index (χ2v) is 9.20. The largest absolute Gasteiger partial charge is 0.377 e. The average Bonchev–Trinajstić information content (AvgIpc) is 2.93. The Morgan fingerprint density at radius 2 is 2.07 bits per heavy atom. The summed E-state index contributed by atoms with van der Waals surface area (Å²) in [7, 11) is 0. The lowest BCUT2D eigenvalue weighted by Crippen LogP contribution is -2.57. The number of hydrogen-bond acceptors (Lipinski definition) is 2. The third-order valence-electron chi connectivity index (χ3n) is 8.50. The highest BCUT2D eigenvalue weighted by Gasteiger charge is 2.66. The maximum absolute atomic E-state index is 14.3. The molecule has 3 saturated carbocycles. The summed E-state index contributed by atoms with van der Waals surface area (Å²) in [4.78, 5) is 11.9. The third-order valence-corrected chi connectivity index (χ3v) is 8.50. The topological polar surface area (TPSA) is 37.3 Å². The van der Waals surface area contributed by atoms with Crippen LogP contribution in [0.1, 0.15) is 65.2 Å². The van der Waals surface area contributed by atoms with E-state index in [9.17, 15) is 18.7 Å². The SMILES string of the molecule is CC#C[C@]1(O)CC[C@H]2[C@@H]3CCC4=CC(=O)CC[C@@H]4[C@H]3[C@@H](C(F)F)C[C@@]21CC. The molecule has 4 aliphatic carbocycles. The van der Waals surface area contributed by atoms with Gasteiger partial charge in [-0.3, -0.25) is 4.79 Å². The van der Waals surface area contributed by atoms with Gasteiger partial charge in [-0.25, -0.2) is 8.78 Å². The van der Waals surface area contributed by atoms with Crippen LogP contribution in [0.3, 0.4) is 0 Å². The third kappa shape index (κ3) is 2.64. The van der Waals surface area contributed by atoms with Crippen LogP contribution in [0, 0.1) is 46.8 Å². The molecule has 0 unspecified atom stereocenters. The first-order valence-corrected chi connectivity index (χ1v) is 10.5. The minimum atomic E-state index is -2.39. The maximum Gasteiger partial charge on any atom is 0.241 e. The van der Waals surface area contributed by atoms with Crippen LogP contribution >= 0.6 is 0 Å². The van der Waals surface area contributed by atoms with Gasteiger partial charge >= 0.3 is 0 Å². The molecule has 27 heavy (non-hydrogen) atoms. The van der Waals surface area contributed by atoms with Crippen molar-refractivity contribution in [2.45, 2.75) is 77.2 Å². The molecule has 0 aliphatic heterocycles. The standard InChI is InChI=1S/C23H30F2O2/c1-3-10-23(27)11-9-19-17-7-5-14-12-15(26)6-8-16(14)20(17)18(21(24)25)13-22(19,23)4-2/h12,16-21,27H,4-9,11,13H2,1-2H3/t16-,17-,18-,19-,20+,22-,23-/m0/s1. The van der Waals surface area contributed by atoms with Crippen LogP contribution < -0.4 is 0 Å². The first-order chi connectivity index (χ1) is 12.9. The van der Waals surface area contributed by atoms with Gasteiger partial charge in [0.05, 0.1) is 0 Å². The number of carbonyl (C=O) groups is 1. The van der Waals surface area contributed by atoms with Crippen molar-refractivity contribution < 1.29 is 18.7 Å². The molecular formula is C23H30F2O2. The van der Waals surface area contributed by atoms with Crippen molar-refractivity contribution in [3.05, 3.63) is 11.6 Å². The zero-order chi connectivity index (χ0) is 19.4. The van der Waals surface area contributed by atoms with Crippen molar-refractivity contribution in [1.29, 1.82) is 0 Å². The van der Waals surface area contributed by atoms with E-state index in [0.29, 0.717) is 25.7 Å². The Morgan fingerprint density at radius 1 is 1.30 bits per heavy atom. The quantitative estimate of drug-likeness (QED) is 0.705. The Morgan fingerprint density at radius 3 is 2.74 bits per heavy atom. The molecule has 0 amide bonds. The molecule has 0 aromatic rings. The van der Waals surface area contributed by atoms with Crippen LogP contribution in [0.4, 0.5) is 8.78 Å². The molecule has 0 spiro atoms. The fourth-order valence-electron chi connectivity index (χ4n) is 7.52. The van der Waals surface area contributed by atoms with Crippen molar-refractivity contribution in [3.8, 4) is 11.8 Å². The van der Waals surface area contributed by atoms with Crippen molar-refractivity contribution in [1.82, 2.24) is 0 Å². The van der Waals surface area contributed by atoms with Crippen LogP contribution in [-0.2, 0) is 4.79 Å². The van der Waals surface area contributed by atoms with Crippen LogP contribution in [-0.4, -0.2) is 22.9 Å². The number of alkyl halides is 2. The minimum Gasteiger partial charge on any atom is -0.377 e. The van der Waals surface area contributed by atoms with Gasteiger partial charge in [-0.1, -0.05) is 18.4 Å². The highest BCUT2D eigenvalue weighted by molar-refractivity contribution is 5.91. The fraction of sp³-hybridized carbons (Fsp3) is 0.783. The zero-order valence-electron chi connectivity index (χ0n) is 16.3. The Bertz CT molecular complexity index is 718. The summed E-state index contributed by atoms with van der Waals surface area (Å²) in [5.74, 6) is 5.89. The molecule has 1 N–H and O–H groups in total. The molecule has 0 saturated heterocycles. The second kappa shape index (κ2) is 6.69. The van der Waals surface area contributed by atoms with Gasteiger partial charge in [0.15, 0.2) is 5.78 Å². The van der Waals surface area contributed by atoms with Gasteiger partial charge in [0.25, 0.3) is 0 Å². The summed E-state index contributed by atoms with van der Waals surface area (Å²) in [6, 6.07) is 0. The highest BCUT2D eigenvalue weighted by Crippen LogP contribution is 2.68. The number of rotatable bonds is 2. The highest BCUT2D eigenvalue weighted by atomic mass is 19.3. The van der Waals surface area contributed by atoms with Crippen LogP contribution in [0.2, 0.25) is 0 Å². The van der Waals surface area contributed by atoms with E-state index in [2.05, 4.69) is 11.8 Å². The number of aliphatic hydroxyl groups is 1. The predicted octanol–water partition coefficient (Wildman–Crippen LogP) is 4.76. The number of halogens is 2. The first-order valence-electron chi connectivity index (χ1n) is 10.5. The molecule has 4 rings (SSSR count). The summed E-state index contributed by atoms with van der Waals surface area (Å²) < 4.78 is 28.6.